The minimum atomic E-state index is 0.752. The standard InChI is InChI=1S/C16H25BrN2O2/c1-4-19-6-5-12(11-19)9-18-10-13-7-15(20-2)16(21-3)8-14(13)17/h7-8,12,18H,4-6,9-11H2,1-3H3/t12-/m1/s1. The summed E-state index contributed by atoms with van der Waals surface area (Å²) in [7, 11) is 3.32. The largest absolute Gasteiger partial charge is 0.493 e. The van der Waals surface area contributed by atoms with Crippen LogP contribution in [-0.2, 0) is 6.54 Å². The number of ether oxygens (including phenoxy) is 2. The number of nitrogens with one attached hydrogen (secondary N) is 1. The van der Waals surface area contributed by atoms with E-state index in [2.05, 4.69) is 33.1 Å². The molecule has 0 aliphatic carbocycles. The molecule has 1 aliphatic rings. The third kappa shape index (κ3) is 4.34. The predicted octanol–water partition coefficient (Wildman–Crippen LogP) is 2.90. The second-order valence-electron chi connectivity index (χ2n) is 5.48. The summed E-state index contributed by atoms with van der Waals surface area (Å²) in [5, 5.41) is 3.56. The Bertz CT molecular complexity index is 468. The smallest absolute Gasteiger partial charge is 0.161 e. The first-order valence-corrected chi connectivity index (χ1v) is 8.30. The van der Waals surface area contributed by atoms with Gasteiger partial charge in [0.1, 0.15) is 0 Å². The fraction of sp³-hybridized carbons (Fsp3) is 0.625. The van der Waals surface area contributed by atoms with E-state index < -0.39 is 0 Å². The molecule has 1 aromatic carbocycles. The molecule has 0 saturated carbocycles. The van der Waals surface area contributed by atoms with Crippen LogP contribution in [0.3, 0.4) is 0 Å². The van der Waals surface area contributed by atoms with Gasteiger partial charge in [0.05, 0.1) is 14.2 Å². The van der Waals surface area contributed by atoms with Crippen molar-refractivity contribution in [3.05, 3.63) is 22.2 Å². The Hall–Kier alpha value is -0.780. The molecule has 1 aliphatic heterocycles. The molecule has 0 aromatic heterocycles. The van der Waals surface area contributed by atoms with E-state index in [-0.39, 0.29) is 0 Å². The maximum absolute atomic E-state index is 5.36. The lowest BCUT2D eigenvalue weighted by Crippen LogP contribution is -2.26. The molecule has 1 heterocycles. The van der Waals surface area contributed by atoms with Crippen LogP contribution >= 0.6 is 15.9 Å². The number of rotatable bonds is 7. The Morgan fingerprint density at radius 1 is 1.29 bits per heavy atom. The Morgan fingerprint density at radius 2 is 2.00 bits per heavy atom. The van der Waals surface area contributed by atoms with Gasteiger partial charge >= 0.3 is 0 Å². The van der Waals surface area contributed by atoms with Crippen LogP contribution in [0.1, 0.15) is 18.9 Å². The van der Waals surface area contributed by atoms with Gasteiger partial charge in [-0.25, -0.2) is 0 Å². The highest BCUT2D eigenvalue weighted by Crippen LogP contribution is 2.33. The summed E-state index contributed by atoms with van der Waals surface area (Å²) >= 11 is 3.60. The molecule has 2 rings (SSSR count). The Balaban J connectivity index is 1.88. The zero-order valence-electron chi connectivity index (χ0n) is 13.1. The van der Waals surface area contributed by atoms with E-state index in [1.54, 1.807) is 14.2 Å². The van der Waals surface area contributed by atoms with Gasteiger partial charge in [0.25, 0.3) is 0 Å². The molecule has 5 heteroatoms. The van der Waals surface area contributed by atoms with Gasteiger partial charge in [-0.2, -0.15) is 0 Å². The van der Waals surface area contributed by atoms with Gasteiger partial charge in [-0.05, 0) is 49.7 Å². The maximum Gasteiger partial charge on any atom is 0.161 e. The molecule has 0 unspecified atom stereocenters. The van der Waals surface area contributed by atoms with Crippen LogP contribution < -0.4 is 14.8 Å². The highest BCUT2D eigenvalue weighted by atomic mass is 79.9. The highest BCUT2D eigenvalue weighted by molar-refractivity contribution is 9.10. The molecule has 1 atom stereocenters. The van der Waals surface area contributed by atoms with Gasteiger partial charge < -0.3 is 19.7 Å². The van der Waals surface area contributed by atoms with Crippen LogP contribution in [0.4, 0.5) is 0 Å². The van der Waals surface area contributed by atoms with E-state index in [0.29, 0.717) is 0 Å². The fourth-order valence-corrected chi connectivity index (χ4v) is 3.27. The van der Waals surface area contributed by atoms with Gasteiger partial charge in [0.15, 0.2) is 11.5 Å². The van der Waals surface area contributed by atoms with E-state index in [1.807, 2.05) is 12.1 Å². The molecule has 4 nitrogen and oxygen atoms in total. The Morgan fingerprint density at radius 3 is 2.62 bits per heavy atom. The Labute approximate surface area is 135 Å². The lowest BCUT2D eigenvalue weighted by Gasteiger charge is -2.15. The van der Waals surface area contributed by atoms with Crippen LogP contribution in [-0.4, -0.2) is 45.3 Å². The normalized spacial score (nSPS) is 19.0. The van der Waals surface area contributed by atoms with Crippen molar-refractivity contribution in [1.29, 1.82) is 0 Å². The minimum Gasteiger partial charge on any atom is -0.493 e. The van der Waals surface area contributed by atoms with Crippen LogP contribution in [0.25, 0.3) is 0 Å². The van der Waals surface area contributed by atoms with E-state index in [9.17, 15) is 0 Å². The van der Waals surface area contributed by atoms with Crippen molar-refractivity contribution in [3.8, 4) is 11.5 Å². The molecule has 1 aromatic rings. The number of likely N-dealkylation sites (tertiary alicyclic amines) is 1. The lowest BCUT2D eigenvalue weighted by atomic mass is 10.1. The molecular formula is C16H25BrN2O2. The van der Waals surface area contributed by atoms with Crippen LogP contribution in [0, 0.1) is 5.92 Å². The van der Waals surface area contributed by atoms with Crippen molar-refractivity contribution in [2.24, 2.45) is 5.92 Å². The SMILES string of the molecule is CCN1CC[C@H](CNCc2cc(OC)c(OC)cc2Br)C1. The quantitative estimate of drug-likeness (QED) is 0.814. The van der Waals surface area contributed by atoms with Crippen molar-refractivity contribution < 1.29 is 9.47 Å². The van der Waals surface area contributed by atoms with Crippen LogP contribution in [0.2, 0.25) is 0 Å². The number of halogens is 1. The lowest BCUT2D eigenvalue weighted by molar-refractivity contribution is 0.338. The van der Waals surface area contributed by atoms with Gasteiger partial charge in [-0.15, -0.1) is 0 Å². The summed E-state index contributed by atoms with van der Waals surface area (Å²) < 4.78 is 11.7. The van der Waals surface area contributed by atoms with Gasteiger partial charge in [0, 0.05) is 17.6 Å². The molecule has 0 radical (unpaired) electrons. The zero-order valence-corrected chi connectivity index (χ0v) is 14.7. The van der Waals surface area contributed by atoms with E-state index in [0.717, 1.165) is 41.5 Å². The molecule has 0 amide bonds. The van der Waals surface area contributed by atoms with Crippen molar-refractivity contribution in [3.63, 3.8) is 0 Å². The third-order valence-corrected chi connectivity index (χ3v) is 4.86. The number of nitrogens with zero attached hydrogens (tertiary/aromatic N) is 1. The average Bonchev–Trinajstić information content (AvgIpc) is 2.96. The first-order chi connectivity index (χ1) is 10.2. The predicted molar refractivity (Wildman–Crippen MR) is 89.2 cm³/mol. The summed E-state index contributed by atoms with van der Waals surface area (Å²) in [5.41, 5.74) is 1.19. The monoisotopic (exact) mass is 356 g/mol. The maximum atomic E-state index is 5.36. The summed E-state index contributed by atoms with van der Waals surface area (Å²) in [6.45, 7) is 7.76. The van der Waals surface area contributed by atoms with Gasteiger partial charge in [-0.1, -0.05) is 22.9 Å². The summed E-state index contributed by atoms with van der Waals surface area (Å²) in [4.78, 5) is 2.51. The number of methoxy groups -OCH3 is 2. The second kappa shape index (κ2) is 8.01. The topological polar surface area (TPSA) is 33.7 Å². The third-order valence-electron chi connectivity index (χ3n) is 4.12. The Kier molecular flexibility index (Phi) is 6.33. The van der Waals surface area contributed by atoms with Gasteiger partial charge in [0.2, 0.25) is 0 Å². The molecule has 0 spiro atoms. The minimum absolute atomic E-state index is 0.752. The average molecular weight is 357 g/mol. The first-order valence-electron chi connectivity index (χ1n) is 7.51. The zero-order chi connectivity index (χ0) is 15.2. The second-order valence-corrected chi connectivity index (χ2v) is 6.33. The number of hydrogen-bond acceptors (Lipinski definition) is 4. The van der Waals surface area contributed by atoms with Crippen molar-refractivity contribution >= 4 is 15.9 Å². The van der Waals surface area contributed by atoms with Crippen LogP contribution in [0.5, 0.6) is 11.5 Å². The number of hydrogen-bond donors (Lipinski definition) is 1. The summed E-state index contributed by atoms with van der Waals surface area (Å²) in [6.07, 6.45) is 1.30. The summed E-state index contributed by atoms with van der Waals surface area (Å²) in [5.74, 6) is 2.29. The van der Waals surface area contributed by atoms with Crippen molar-refractivity contribution in [1.82, 2.24) is 10.2 Å². The molecule has 1 saturated heterocycles. The van der Waals surface area contributed by atoms with Crippen molar-refractivity contribution in [2.75, 3.05) is 40.4 Å². The molecule has 118 valence electrons. The molecule has 1 fully saturated rings. The molecule has 1 N–H and O–H groups in total. The number of benzene rings is 1. The van der Waals surface area contributed by atoms with E-state index >= 15 is 0 Å². The molecule has 21 heavy (non-hydrogen) atoms. The summed E-state index contributed by atoms with van der Waals surface area (Å²) in [6, 6.07) is 3.99. The highest BCUT2D eigenvalue weighted by Gasteiger charge is 2.20. The first kappa shape index (κ1) is 16.6. The van der Waals surface area contributed by atoms with Gasteiger partial charge in [-0.3, -0.25) is 0 Å². The van der Waals surface area contributed by atoms with E-state index in [4.69, 9.17) is 9.47 Å². The fourth-order valence-electron chi connectivity index (χ4n) is 2.81. The molecule has 0 bridgehead atoms. The van der Waals surface area contributed by atoms with Crippen LogP contribution in [0.15, 0.2) is 16.6 Å². The van der Waals surface area contributed by atoms with Crippen molar-refractivity contribution in [2.45, 2.75) is 19.9 Å². The molecular weight excluding hydrogens is 332 g/mol. The van der Waals surface area contributed by atoms with E-state index in [1.165, 1.54) is 25.1 Å².